The van der Waals surface area contributed by atoms with Crippen LogP contribution in [0.1, 0.15) is 24.6 Å². The van der Waals surface area contributed by atoms with Gasteiger partial charge in [-0.1, -0.05) is 6.07 Å². The summed E-state index contributed by atoms with van der Waals surface area (Å²) in [5.41, 5.74) is 1.39. The van der Waals surface area contributed by atoms with Crippen LogP contribution in [0.2, 0.25) is 0 Å². The van der Waals surface area contributed by atoms with Crippen LogP contribution in [-0.2, 0) is 7.05 Å². The number of benzene rings is 1. The highest BCUT2D eigenvalue weighted by atomic mass is 19.1. The van der Waals surface area contributed by atoms with Crippen molar-refractivity contribution in [3.05, 3.63) is 29.8 Å². The van der Waals surface area contributed by atoms with Gasteiger partial charge in [0.05, 0.1) is 5.52 Å². The molecule has 90 valence electrons. The van der Waals surface area contributed by atoms with Crippen LogP contribution in [0, 0.1) is 5.82 Å². The molecular formula is C13H16FN3. The molecule has 1 N–H and O–H groups in total. The zero-order valence-electron chi connectivity index (χ0n) is 9.91. The number of aromatic nitrogens is 2. The molecule has 0 saturated carbocycles. The van der Waals surface area contributed by atoms with Crippen molar-refractivity contribution < 1.29 is 4.39 Å². The van der Waals surface area contributed by atoms with E-state index in [2.05, 4.69) is 10.3 Å². The molecule has 1 aromatic heterocycles. The number of nitrogens with zero attached hydrogens (tertiary/aromatic N) is 2. The molecule has 0 bridgehead atoms. The van der Waals surface area contributed by atoms with Gasteiger partial charge in [0.1, 0.15) is 11.3 Å². The normalized spacial score (nSPS) is 17.8. The molecule has 1 aromatic carbocycles. The molecule has 0 aliphatic carbocycles. The maximum atomic E-state index is 13.7. The molecule has 2 aromatic rings. The summed E-state index contributed by atoms with van der Waals surface area (Å²) in [5.74, 6) is 1.25. The summed E-state index contributed by atoms with van der Waals surface area (Å²) in [7, 11) is 1.98. The zero-order chi connectivity index (χ0) is 11.8. The molecule has 0 amide bonds. The highest BCUT2D eigenvalue weighted by Crippen LogP contribution is 2.28. The molecule has 3 rings (SSSR count). The SMILES string of the molecule is Cn1c(C2CCNCC2)nc2c(F)cccc21. The predicted molar refractivity (Wildman–Crippen MR) is 65.5 cm³/mol. The summed E-state index contributed by atoms with van der Waals surface area (Å²) in [6, 6.07) is 5.14. The zero-order valence-corrected chi connectivity index (χ0v) is 9.91. The van der Waals surface area contributed by atoms with Crippen LogP contribution in [0.25, 0.3) is 11.0 Å². The average molecular weight is 233 g/mol. The number of nitrogens with one attached hydrogen (secondary N) is 1. The van der Waals surface area contributed by atoms with Crippen molar-refractivity contribution in [1.29, 1.82) is 0 Å². The van der Waals surface area contributed by atoms with Crippen LogP contribution in [0.4, 0.5) is 4.39 Å². The molecule has 0 spiro atoms. The van der Waals surface area contributed by atoms with Gasteiger partial charge in [-0.05, 0) is 38.1 Å². The van der Waals surface area contributed by atoms with Crippen LogP contribution in [0.15, 0.2) is 18.2 Å². The van der Waals surface area contributed by atoms with Crippen molar-refractivity contribution >= 4 is 11.0 Å². The molecule has 0 atom stereocenters. The van der Waals surface area contributed by atoms with E-state index in [-0.39, 0.29) is 5.82 Å². The molecular weight excluding hydrogens is 217 g/mol. The van der Waals surface area contributed by atoms with Crippen molar-refractivity contribution in [2.45, 2.75) is 18.8 Å². The van der Waals surface area contributed by atoms with Crippen LogP contribution in [0.5, 0.6) is 0 Å². The monoisotopic (exact) mass is 233 g/mol. The van der Waals surface area contributed by atoms with Gasteiger partial charge in [-0.15, -0.1) is 0 Å². The lowest BCUT2D eigenvalue weighted by Gasteiger charge is -2.22. The quantitative estimate of drug-likeness (QED) is 0.818. The number of rotatable bonds is 1. The predicted octanol–water partition coefficient (Wildman–Crippen LogP) is 2.18. The number of piperidine rings is 1. The second kappa shape index (κ2) is 4.11. The van der Waals surface area contributed by atoms with Gasteiger partial charge >= 0.3 is 0 Å². The minimum Gasteiger partial charge on any atom is -0.331 e. The maximum Gasteiger partial charge on any atom is 0.151 e. The van der Waals surface area contributed by atoms with E-state index >= 15 is 0 Å². The minimum absolute atomic E-state index is 0.224. The van der Waals surface area contributed by atoms with Gasteiger partial charge in [0, 0.05) is 13.0 Å². The summed E-state index contributed by atoms with van der Waals surface area (Å²) in [4.78, 5) is 4.50. The molecule has 3 nitrogen and oxygen atoms in total. The van der Waals surface area contributed by atoms with E-state index < -0.39 is 0 Å². The summed E-state index contributed by atoms with van der Waals surface area (Å²) in [6.07, 6.45) is 2.16. The Kier molecular flexibility index (Phi) is 2.59. The van der Waals surface area contributed by atoms with Crippen LogP contribution < -0.4 is 5.32 Å². The minimum atomic E-state index is -0.224. The molecule has 1 aliphatic heterocycles. The Balaban J connectivity index is 2.10. The van der Waals surface area contributed by atoms with Gasteiger partial charge in [0.25, 0.3) is 0 Å². The van der Waals surface area contributed by atoms with Gasteiger partial charge in [0.15, 0.2) is 5.82 Å². The highest BCUT2D eigenvalue weighted by molar-refractivity contribution is 5.76. The van der Waals surface area contributed by atoms with E-state index in [1.54, 1.807) is 6.07 Å². The number of halogens is 1. The Labute approximate surface area is 99.7 Å². The van der Waals surface area contributed by atoms with E-state index in [0.717, 1.165) is 37.3 Å². The topological polar surface area (TPSA) is 29.9 Å². The Morgan fingerprint density at radius 3 is 2.82 bits per heavy atom. The number of aryl methyl sites for hydroxylation is 1. The fraction of sp³-hybridized carbons (Fsp3) is 0.462. The molecule has 17 heavy (non-hydrogen) atoms. The standard InChI is InChI=1S/C13H16FN3/c1-17-11-4-2-3-10(14)12(11)16-13(17)9-5-7-15-8-6-9/h2-4,9,15H,5-8H2,1H3. The Bertz CT molecular complexity index is 541. The van der Waals surface area contributed by atoms with Gasteiger partial charge in [-0.3, -0.25) is 0 Å². The molecule has 1 aliphatic rings. The summed E-state index contributed by atoms with van der Waals surface area (Å²) < 4.78 is 15.7. The molecule has 1 fully saturated rings. The molecule has 0 radical (unpaired) electrons. The van der Waals surface area contributed by atoms with Gasteiger partial charge < -0.3 is 9.88 Å². The first kappa shape index (κ1) is 10.7. The number of fused-ring (bicyclic) bond motifs is 1. The average Bonchev–Trinajstić information content (AvgIpc) is 2.70. The number of imidazole rings is 1. The third-order valence-corrected chi connectivity index (χ3v) is 3.60. The van der Waals surface area contributed by atoms with Crippen LogP contribution in [0.3, 0.4) is 0 Å². The van der Waals surface area contributed by atoms with Crippen molar-refractivity contribution in [2.75, 3.05) is 13.1 Å². The van der Waals surface area contributed by atoms with Crippen molar-refractivity contribution in [2.24, 2.45) is 7.05 Å². The Hall–Kier alpha value is -1.42. The van der Waals surface area contributed by atoms with E-state index in [1.165, 1.54) is 6.07 Å². The van der Waals surface area contributed by atoms with Crippen molar-refractivity contribution in [3.8, 4) is 0 Å². The lowest BCUT2D eigenvalue weighted by atomic mass is 9.97. The lowest BCUT2D eigenvalue weighted by Crippen LogP contribution is -2.27. The lowest BCUT2D eigenvalue weighted by molar-refractivity contribution is 0.438. The third-order valence-electron chi connectivity index (χ3n) is 3.60. The number of para-hydroxylation sites is 1. The van der Waals surface area contributed by atoms with Gasteiger partial charge in [0.2, 0.25) is 0 Å². The van der Waals surface area contributed by atoms with Crippen molar-refractivity contribution in [3.63, 3.8) is 0 Å². The summed E-state index contributed by atoms with van der Waals surface area (Å²) in [6.45, 7) is 2.05. The smallest absolute Gasteiger partial charge is 0.151 e. The fourth-order valence-corrected chi connectivity index (χ4v) is 2.64. The van der Waals surface area contributed by atoms with Gasteiger partial charge in [-0.25, -0.2) is 9.37 Å². The van der Waals surface area contributed by atoms with E-state index in [9.17, 15) is 4.39 Å². The second-order valence-corrected chi connectivity index (χ2v) is 4.66. The van der Waals surface area contributed by atoms with Crippen LogP contribution >= 0.6 is 0 Å². The number of hydrogen-bond donors (Lipinski definition) is 1. The Morgan fingerprint density at radius 1 is 1.35 bits per heavy atom. The maximum absolute atomic E-state index is 13.7. The fourth-order valence-electron chi connectivity index (χ4n) is 2.64. The van der Waals surface area contributed by atoms with E-state index in [1.807, 2.05) is 17.7 Å². The first-order chi connectivity index (χ1) is 8.27. The van der Waals surface area contributed by atoms with E-state index in [4.69, 9.17) is 0 Å². The number of hydrogen-bond acceptors (Lipinski definition) is 2. The van der Waals surface area contributed by atoms with E-state index in [0.29, 0.717) is 11.4 Å². The van der Waals surface area contributed by atoms with Gasteiger partial charge in [-0.2, -0.15) is 0 Å². The first-order valence-corrected chi connectivity index (χ1v) is 6.09. The molecule has 0 unspecified atom stereocenters. The summed E-state index contributed by atoms with van der Waals surface area (Å²) in [5, 5.41) is 3.34. The largest absolute Gasteiger partial charge is 0.331 e. The molecule has 2 heterocycles. The second-order valence-electron chi connectivity index (χ2n) is 4.66. The first-order valence-electron chi connectivity index (χ1n) is 6.09. The molecule has 1 saturated heterocycles. The third kappa shape index (κ3) is 1.72. The van der Waals surface area contributed by atoms with Crippen LogP contribution in [-0.4, -0.2) is 22.6 Å². The highest BCUT2D eigenvalue weighted by Gasteiger charge is 2.21. The Morgan fingerprint density at radius 2 is 2.12 bits per heavy atom. The van der Waals surface area contributed by atoms with Crippen molar-refractivity contribution in [1.82, 2.24) is 14.9 Å². The summed E-state index contributed by atoms with van der Waals surface area (Å²) >= 11 is 0. The molecule has 4 heteroatoms.